The van der Waals surface area contributed by atoms with Crippen LogP contribution in [0, 0.1) is 11.6 Å². The molecule has 5 nitrogen and oxygen atoms in total. The van der Waals surface area contributed by atoms with Crippen molar-refractivity contribution in [2.75, 3.05) is 11.4 Å². The van der Waals surface area contributed by atoms with Gasteiger partial charge in [0.25, 0.3) is 11.7 Å². The zero-order valence-corrected chi connectivity index (χ0v) is 9.07. The molecule has 2 N–H and O–H groups in total. The maximum Gasteiger partial charge on any atom is 0.299 e. The average Bonchev–Trinajstić information content (AvgIpc) is 2.51. The summed E-state index contributed by atoms with van der Waals surface area (Å²) in [5.41, 5.74) is 4.69. The van der Waals surface area contributed by atoms with E-state index in [-0.39, 0.29) is 24.2 Å². The van der Waals surface area contributed by atoms with Crippen molar-refractivity contribution in [3.8, 4) is 0 Å². The van der Waals surface area contributed by atoms with Crippen molar-refractivity contribution < 1.29 is 23.2 Å². The number of Topliss-reactive ketones (excluding diaryl/α,β-unsaturated/α-hetero) is 1. The Kier molecular flexibility index (Phi) is 2.82. The van der Waals surface area contributed by atoms with Gasteiger partial charge in [0, 0.05) is 19.0 Å². The number of anilines is 1. The van der Waals surface area contributed by atoms with E-state index in [1.807, 2.05) is 0 Å². The van der Waals surface area contributed by atoms with E-state index < -0.39 is 29.2 Å². The molecule has 1 aromatic carbocycles. The topological polar surface area (TPSA) is 80.5 Å². The number of hydrogen-bond donors (Lipinski definition) is 1. The average molecular weight is 254 g/mol. The molecular weight excluding hydrogens is 246 g/mol. The van der Waals surface area contributed by atoms with Gasteiger partial charge < -0.3 is 10.6 Å². The lowest BCUT2D eigenvalue weighted by molar-refractivity contribution is -0.118. The fraction of sp³-hybridized carbons (Fsp3) is 0.182. The highest BCUT2D eigenvalue weighted by atomic mass is 19.2. The quantitative estimate of drug-likeness (QED) is 0.791. The summed E-state index contributed by atoms with van der Waals surface area (Å²) in [7, 11) is 0. The first-order valence-corrected chi connectivity index (χ1v) is 5.05. The highest BCUT2D eigenvalue weighted by molar-refractivity contribution is 6.52. The molecule has 0 aromatic heterocycles. The van der Waals surface area contributed by atoms with Gasteiger partial charge in [0.2, 0.25) is 5.91 Å². The molecule has 1 heterocycles. The van der Waals surface area contributed by atoms with Crippen LogP contribution in [-0.4, -0.2) is 24.1 Å². The van der Waals surface area contributed by atoms with Gasteiger partial charge >= 0.3 is 0 Å². The Hall–Kier alpha value is -2.31. The molecule has 18 heavy (non-hydrogen) atoms. The van der Waals surface area contributed by atoms with Crippen molar-refractivity contribution in [3.63, 3.8) is 0 Å². The zero-order chi connectivity index (χ0) is 13.4. The van der Waals surface area contributed by atoms with Crippen LogP contribution in [0.3, 0.4) is 0 Å². The van der Waals surface area contributed by atoms with Crippen LogP contribution in [0.4, 0.5) is 14.5 Å². The summed E-state index contributed by atoms with van der Waals surface area (Å²) in [6.07, 6.45) is -0.169. The number of rotatable bonds is 3. The van der Waals surface area contributed by atoms with Gasteiger partial charge in [-0.2, -0.15) is 0 Å². The Bertz CT molecular complexity index is 572. The second-order valence-corrected chi connectivity index (χ2v) is 3.79. The van der Waals surface area contributed by atoms with Crippen molar-refractivity contribution in [3.05, 3.63) is 29.3 Å². The van der Waals surface area contributed by atoms with Crippen LogP contribution in [0.2, 0.25) is 0 Å². The Morgan fingerprint density at radius 3 is 2.44 bits per heavy atom. The molecule has 1 aliphatic rings. The molecule has 1 aliphatic heterocycles. The van der Waals surface area contributed by atoms with Crippen LogP contribution in [0.15, 0.2) is 12.1 Å². The number of hydrogen-bond acceptors (Lipinski definition) is 3. The van der Waals surface area contributed by atoms with E-state index in [1.54, 1.807) is 0 Å². The molecule has 0 saturated carbocycles. The number of nitrogens with two attached hydrogens (primary N) is 1. The van der Waals surface area contributed by atoms with Gasteiger partial charge in [0.15, 0.2) is 11.6 Å². The van der Waals surface area contributed by atoms with Gasteiger partial charge in [-0.15, -0.1) is 0 Å². The van der Waals surface area contributed by atoms with E-state index in [9.17, 15) is 23.2 Å². The standard InChI is InChI=1S/C11H8F2N2O3/c12-6-3-5-8(4-7(6)13)15(2-1-9(14)16)11(18)10(5)17/h3-4H,1-2H2,(H2,14,16). The van der Waals surface area contributed by atoms with Crippen molar-refractivity contribution in [2.24, 2.45) is 5.73 Å². The third-order valence-electron chi connectivity index (χ3n) is 2.60. The van der Waals surface area contributed by atoms with Gasteiger partial charge in [-0.25, -0.2) is 8.78 Å². The molecule has 0 bridgehead atoms. The lowest BCUT2D eigenvalue weighted by Crippen LogP contribution is -2.32. The minimum atomic E-state index is -1.20. The molecule has 0 fully saturated rings. The van der Waals surface area contributed by atoms with Gasteiger partial charge in [0.05, 0.1) is 11.3 Å². The van der Waals surface area contributed by atoms with Crippen LogP contribution >= 0.6 is 0 Å². The fourth-order valence-electron chi connectivity index (χ4n) is 1.73. The molecule has 2 rings (SSSR count). The number of carbonyl (C=O) groups is 3. The second-order valence-electron chi connectivity index (χ2n) is 3.79. The number of ketones is 1. The lowest BCUT2D eigenvalue weighted by atomic mass is 10.1. The largest absolute Gasteiger partial charge is 0.370 e. The first-order valence-electron chi connectivity index (χ1n) is 5.05. The minimum Gasteiger partial charge on any atom is -0.370 e. The van der Waals surface area contributed by atoms with Crippen LogP contribution in [0.1, 0.15) is 16.8 Å². The summed E-state index contributed by atoms with van der Waals surface area (Å²) >= 11 is 0. The summed E-state index contributed by atoms with van der Waals surface area (Å²) < 4.78 is 26.1. The predicted octanol–water partition coefficient (Wildman–Crippen LogP) is 0.369. The molecule has 0 unspecified atom stereocenters. The van der Waals surface area contributed by atoms with E-state index in [4.69, 9.17) is 5.73 Å². The Balaban J connectivity index is 2.41. The number of amides is 2. The second kappa shape index (κ2) is 4.17. The molecule has 7 heteroatoms. The first-order chi connectivity index (χ1) is 8.41. The summed E-state index contributed by atoms with van der Waals surface area (Å²) in [4.78, 5) is 34.7. The summed E-state index contributed by atoms with van der Waals surface area (Å²) in [6, 6.07) is 1.43. The highest BCUT2D eigenvalue weighted by Gasteiger charge is 2.36. The van der Waals surface area contributed by atoms with E-state index >= 15 is 0 Å². The van der Waals surface area contributed by atoms with Crippen LogP contribution in [0.5, 0.6) is 0 Å². The number of benzene rings is 1. The number of primary amides is 1. The fourth-order valence-corrected chi connectivity index (χ4v) is 1.73. The van der Waals surface area contributed by atoms with Crippen molar-refractivity contribution in [1.29, 1.82) is 0 Å². The Morgan fingerprint density at radius 2 is 1.83 bits per heavy atom. The van der Waals surface area contributed by atoms with E-state index in [1.165, 1.54) is 0 Å². The number of halogens is 2. The Morgan fingerprint density at radius 1 is 1.22 bits per heavy atom. The highest BCUT2D eigenvalue weighted by Crippen LogP contribution is 2.30. The van der Waals surface area contributed by atoms with Crippen LogP contribution in [-0.2, 0) is 9.59 Å². The number of nitrogens with zero attached hydrogens (tertiary/aromatic N) is 1. The summed E-state index contributed by atoms with van der Waals surface area (Å²) in [5.74, 6) is -4.87. The van der Waals surface area contributed by atoms with E-state index in [0.717, 1.165) is 11.0 Å². The zero-order valence-electron chi connectivity index (χ0n) is 9.07. The van der Waals surface area contributed by atoms with Gasteiger partial charge in [-0.3, -0.25) is 14.4 Å². The number of fused-ring (bicyclic) bond motifs is 1. The molecular formula is C11H8F2N2O3. The van der Waals surface area contributed by atoms with E-state index in [0.29, 0.717) is 6.07 Å². The molecule has 0 atom stereocenters. The molecule has 1 aromatic rings. The minimum absolute atomic E-state index is 0.0369. The lowest BCUT2D eigenvalue weighted by Gasteiger charge is -2.15. The summed E-state index contributed by atoms with van der Waals surface area (Å²) in [5, 5.41) is 0. The van der Waals surface area contributed by atoms with Crippen molar-refractivity contribution in [1.82, 2.24) is 0 Å². The maximum absolute atomic E-state index is 13.1. The van der Waals surface area contributed by atoms with Crippen molar-refractivity contribution in [2.45, 2.75) is 6.42 Å². The summed E-state index contributed by atoms with van der Waals surface area (Å²) in [6.45, 7) is -0.141. The van der Waals surface area contributed by atoms with E-state index in [2.05, 4.69) is 0 Å². The van der Waals surface area contributed by atoms with Crippen LogP contribution in [0.25, 0.3) is 0 Å². The number of carbonyl (C=O) groups excluding carboxylic acids is 3. The molecule has 94 valence electrons. The third-order valence-corrected chi connectivity index (χ3v) is 2.60. The normalized spacial score (nSPS) is 14.0. The SMILES string of the molecule is NC(=O)CCN1C(=O)C(=O)c2cc(F)c(F)cc21. The van der Waals surface area contributed by atoms with Crippen LogP contribution < -0.4 is 10.6 Å². The predicted molar refractivity (Wildman–Crippen MR) is 56.9 cm³/mol. The molecule has 0 aliphatic carbocycles. The third kappa shape index (κ3) is 1.83. The monoisotopic (exact) mass is 254 g/mol. The molecule has 0 spiro atoms. The van der Waals surface area contributed by atoms with Crippen molar-refractivity contribution >= 4 is 23.3 Å². The first kappa shape index (κ1) is 12.2. The smallest absolute Gasteiger partial charge is 0.299 e. The van der Waals surface area contributed by atoms with Gasteiger partial charge in [0.1, 0.15) is 0 Å². The molecule has 0 radical (unpaired) electrons. The van der Waals surface area contributed by atoms with Gasteiger partial charge in [-0.1, -0.05) is 0 Å². The molecule has 2 amide bonds. The Labute approximate surface area is 100 Å². The maximum atomic E-state index is 13.1. The molecule has 0 saturated heterocycles. The van der Waals surface area contributed by atoms with Gasteiger partial charge in [-0.05, 0) is 6.07 Å².